The van der Waals surface area contributed by atoms with E-state index >= 15 is 0 Å². The van der Waals surface area contributed by atoms with Gasteiger partial charge >= 0.3 is 10.2 Å². The highest BCUT2D eigenvalue weighted by atomic mass is 32.3. The molecule has 0 aliphatic rings. The van der Waals surface area contributed by atoms with Gasteiger partial charge in [0.2, 0.25) is 0 Å². The molecule has 0 radical (unpaired) electrons. The minimum absolute atomic E-state index is 0.342. The first kappa shape index (κ1) is 12.9. The summed E-state index contributed by atoms with van der Waals surface area (Å²) < 4.78 is 39.4. The van der Waals surface area contributed by atoms with Crippen LogP contribution < -0.4 is 4.74 Å². The van der Waals surface area contributed by atoms with E-state index in [9.17, 15) is 12.3 Å². The Labute approximate surface area is 94.9 Å². The van der Waals surface area contributed by atoms with Crippen LogP contribution in [-0.4, -0.2) is 34.5 Å². The van der Waals surface area contributed by atoms with Gasteiger partial charge < -0.3 is 9.64 Å². The molecule has 90 valence electrons. The molecule has 0 unspecified atom stereocenters. The molecule has 0 N–H and O–H groups in total. The van der Waals surface area contributed by atoms with E-state index in [-0.39, 0.29) is 4.90 Å². The molecule has 1 rings (SSSR count). The number of hydrogen-bond donors (Lipinski definition) is 0. The summed E-state index contributed by atoms with van der Waals surface area (Å²) in [6.45, 7) is 0.479. The van der Waals surface area contributed by atoms with Gasteiger partial charge in [-0.2, -0.15) is 8.42 Å². The quantitative estimate of drug-likeness (QED) is 0.755. The first-order valence-electron chi connectivity index (χ1n) is 4.61. The van der Waals surface area contributed by atoms with E-state index in [1.54, 1.807) is 0 Å². The molecule has 0 saturated carbocycles. The summed E-state index contributed by atoms with van der Waals surface area (Å²) in [7, 11) is 0.483. The van der Waals surface area contributed by atoms with Gasteiger partial charge in [-0.1, -0.05) is 0 Å². The third-order valence-electron chi connectivity index (χ3n) is 2.02. The summed E-state index contributed by atoms with van der Waals surface area (Å²) in [6.07, 6.45) is 0. The van der Waals surface area contributed by atoms with Crippen molar-refractivity contribution < 1.29 is 17.0 Å². The van der Waals surface area contributed by atoms with Crippen LogP contribution in [0.15, 0.2) is 23.1 Å². The smallest absolute Gasteiger partial charge is 0.332 e. The van der Waals surface area contributed by atoms with Crippen LogP contribution in [0.4, 0.5) is 3.89 Å². The number of rotatable bonds is 4. The van der Waals surface area contributed by atoms with E-state index in [4.69, 9.17) is 4.74 Å². The van der Waals surface area contributed by atoms with Gasteiger partial charge in [-0.25, -0.2) is 0 Å². The number of hydrogen-bond acceptors (Lipinski definition) is 4. The van der Waals surface area contributed by atoms with Crippen molar-refractivity contribution in [3.05, 3.63) is 23.8 Å². The topological polar surface area (TPSA) is 46.6 Å². The van der Waals surface area contributed by atoms with Crippen molar-refractivity contribution in [2.45, 2.75) is 11.4 Å². The molecule has 16 heavy (non-hydrogen) atoms. The largest absolute Gasteiger partial charge is 0.496 e. The predicted molar refractivity (Wildman–Crippen MR) is 58.7 cm³/mol. The molecule has 0 aliphatic carbocycles. The molecule has 0 aromatic heterocycles. The van der Waals surface area contributed by atoms with Gasteiger partial charge in [-0.15, -0.1) is 3.89 Å². The van der Waals surface area contributed by atoms with Gasteiger partial charge in [0.1, 0.15) is 5.75 Å². The average molecular weight is 247 g/mol. The van der Waals surface area contributed by atoms with E-state index in [0.717, 1.165) is 0 Å². The Hall–Kier alpha value is -1.14. The van der Waals surface area contributed by atoms with Crippen LogP contribution in [0.5, 0.6) is 5.75 Å². The molecular weight excluding hydrogens is 233 g/mol. The van der Waals surface area contributed by atoms with Crippen molar-refractivity contribution in [1.82, 2.24) is 4.90 Å². The van der Waals surface area contributed by atoms with Crippen LogP contribution in [0.25, 0.3) is 0 Å². The molecule has 6 heteroatoms. The van der Waals surface area contributed by atoms with Gasteiger partial charge in [-0.3, -0.25) is 0 Å². The summed E-state index contributed by atoms with van der Waals surface area (Å²) >= 11 is 0. The van der Waals surface area contributed by atoms with Crippen LogP contribution in [0, 0.1) is 0 Å². The molecule has 0 atom stereocenters. The molecule has 0 aliphatic heterocycles. The maximum absolute atomic E-state index is 12.8. The Kier molecular flexibility index (Phi) is 3.88. The van der Waals surface area contributed by atoms with E-state index < -0.39 is 10.2 Å². The zero-order valence-corrected chi connectivity index (χ0v) is 10.2. The molecule has 0 bridgehead atoms. The number of ether oxygens (including phenoxy) is 1. The lowest BCUT2D eigenvalue weighted by Gasteiger charge is -2.13. The summed E-state index contributed by atoms with van der Waals surface area (Å²) in [5.74, 6) is 0.543. The van der Waals surface area contributed by atoms with Crippen LogP contribution in [0.3, 0.4) is 0 Å². The Bertz CT molecular complexity index is 471. The van der Waals surface area contributed by atoms with Crippen molar-refractivity contribution in [3.63, 3.8) is 0 Å². The number of nitrogens with zero attached hydrogens (tertiary/aromatic N) is 1. The molecule has 0 fully saturated rings. The predicted octanol–water partition coefficient (Wildman–Crippen LogP) is 1.42. The Morgan fingerprint density at radius 2 is 2.00 bits per heavy atom. The van der Waals surface area contributed by atoms with E-state index in [1.807, 2.05) is 19.0 Å². The van der Waals surface area contributed by atoms with Crippen LogP contribution in [0.1, 0.15) is 5.56 Å². The van der Waals surface area contributed by atoms with Gasteiger partial charge in [-0.05, 0) is 32.3 Å². The molecule has 1 aromatic carbocycles. The molecule has 0 spiro atoms. The number of halogens is 1. The third kappa shape index (κ3) is 3.18. The zero-order chi connectivity index (χ0) is 12.3. The average Bonchev–Trinajstić information content (AvgIpc) is 2.15. The molecular formula is C10H14FNO3S. The van der Waals surface area contributed by atoms with Crippen LogP contribution in [0.2, 0.25) is 0 Å². The van der Waals surface area contributed by atoms with Crippen molar-refractivity contribution in [2.24, 2.45) is 0 Å². The Morgan fingerprint density at radius 1 is 1.38 bits per heavy atom. The fraction of sp³-hybridized carbons (Fsp3) is 0.400. The minimum atomic E-state index is -4.66. The SMILES string of the molecule is COc1ccc(S(=O)(=O)F)cc1CN(C)C. The molecule has 4 nitrogen and oxygen atoms in total. The van der Waals surface area contributed by atoms with Crippen LogP contribution >= 0.6 is 0 Å². The first-order valence-corrected chi connectivity index (χ1v) is 5.99. The lowest BCUT2D eigenvalue weighted by Crippen LogP contribution is -2.12. The monoisotopic (exact) mass is 247 g/mol. The second-order valence-electron chi connectivity index (χ2n) is 3.65. The minimum Gasteiger partial charge on any atom is -0.496 e. The van der Waals surface area contributed by atoms with E-state index in [1.165, 1.54) is 25.3 Å². The molecule has 1 aromatic rings. The number of benzene rings is 1. The summed E-state index contributed by atoms with van der Waals surface area (Å²) in [5.41, 5.74) is 0.631. The maximum Gasteiger partial charge on any atom is 0.332 e. The molecule has 0 heterocycles. The van der Waals surface area contributed by atoms with Gasteiger partial charge in [0.15, 0.2) is 0 Å². The van der Waals surface area contributed by atoms with E-state index in [0.29, 0.717) is 17.9 Å². The van der Waals surface area contributed by atoms with Crippen LogP contribution in [-0.2, 0) is 16.8 Å². The summed E-state index contributed by atoms with van der Waals surface area (Å²) in [5, 5.41) is 0. The fourth-order valence-corrected chi connectivity index (χ4v) is 1.88. The highest BCUT2D eigenvalue weighted by molar-refractivity contribution is 7.86. The lowest BCUT2D eigenvalue weighted by atomic mass is 10.2. The Morgan fingerprint density at radius 3 is 2.44 bits per heavy atom. The number of methoxy groups -OCH3 is 1. The highest BCUT2D eigenvalue weighted by Crippen LogP contribution is 2.24. The highest BCUT2D eigenvalue weighted by Gasteiger charge is 2.15. The zero-order valence-electron chi connectivity index (χ0n) is 9.40. The standard InChI is InChI=1S/C10H14FNO3S/c1-12(2)7-8-6-9(16(11,13)14)4-5-10(8)15-3/h4-6H,7H2,1-3H3. The van der Waals surface area contributed by atoms with Gasteiger partial charge in [0.05, 0.1) is 12.0 Å². The second-order valence-corrected chi connectivity index (χ2v) is 5.00. The fourth-order valence-electron chi connectivity index (χ4n) is 1.37. The van der Waals surface area contributed by atoms with Crippen molar-refractivity contribution >= 4 is 10.2 Å². The molecule has 0 saturated heterocycles. The lowest BCUT2D eigenvalue weighted by molar-refractivity contribution is 0.371. The van der Waals surface area contributed by atoms with Gasteiger partial charge in [0.25, 0.3) is 0 Å². The third-order valence-corrected chi connectivity index (χ3v) is 2.84. The van der Waals surface area contributed by atoms with E-state index in [2.05, 4.69) is 0 Å². The Balaban J connectivity index is 3.21. The van der Waals surface area contributed by atoms with Crippen molar-refractivity contribution in [3.8, 4) is 5.75 Å². The van der Waals surface area contributed by atoms with Crippen molar-refractivity contribution in [1.29, 1.82) is 0 Å². The molecule has 0 amide bonds. The van der Waals surface area contributed by atoms with Crippen molar-refractivity contribution in [2.75, 3.05) is 21.2 Å². The summed E-state index contributed by atoms with van der Waals surface area (Å²) in [6, 6.07) is 3.92. The maximum atomic E-state index is 12.8. The second kappa shape index (κ2) is 4.80. The normalized spacial score (nSPS) is 11.8. The van der Waals surface area contributed by atoms with Gasteiger partial charge in [0, 0.05) is 12.1 Å². The summed E-state index contributed by atoms with van der Waals surface area (Å²) in [4.78, 5) is 1.50. The first-order chi connectivity index (χ1) is 7.34.